The maximum atomic E-state index is 10.3. The molecule has 1 aromatic rings. The molecule has 1 rings (SSSR count). The van der Waals surface area contributed by atoms with Gasteiger partial charge in [0.2, 0.25) is 0 Å². The summed E-state index contributed by atoms with van der Waals surface area (Å²) < 4.78 is 1.49. The van der Waals surface area contributed by atoms with Gasteiger partial charge in [0, 0.05) is 12.5 Å². The quantitative estimate of drug-likeness (QED) is 0.557. The number of nitrogens with zero attached hydrogens (tertiary/aromatic N) is 2. The van der Waals surface area contributed by atoms with Crippen LogP contribution in [-0.2, 0) is 11.3 Å². The molecule has 0 amide bonds. The van der Waals surface area contributed by atoms with Crippen molar-refractivity contribution in [3.63, 3.8) is 0 Å². The molecule has 16 heavy (non-hydrogen) atoms. The van der Waals surface area contributed by atoms with E-state index in [0.717, 1.165) is 0 Å². The van der Waals surface area contributed by atoms with Crippen LogP contribution in [0, 0.1) is 0 Å². The number of carboxylic acids is 1. The third-order valence-corrected chi connectivity index (χ3v) is 1.87. The highest BCUT2D eigenvalue weighted by Gasteiger charge is 2.07. The van der Waals surface area contributed by atoms with Crippen molar-refractivity contribution in [2.45, 2.75) is 19.4 Å². The van der Waals surface area contributed by atoms with Crippen LogP contribution in [0.1, 0.15) is 12.8 Å². The minimum atomic E-state index is -0.828. The van der Waals surface area contributed by atoms with Crippen molar-refractivity contribution in [1.82, 2.24) is 5.10 Å². The van der Waals surface area contributed by atoms with Gasteiger partial charge in [0.25, 0.3) is 5.82 Å². The van der Waals surface area contributed by atoms with Crippen LogP contribution in [0.15, 0.2) is 12.1 Å². The van der Waals surface area contributed by atoms with Gasteiger partial charge in [0.1, 0.15) is 6.54 Å². The van der Waals surface area contributed by atoms with Gasteiger partial charge in [-0.15, -0.1) is 4.68 Å². The molecule has 6 nitrogen and oxygen atoms in total. The van der Waals surface area contributed by atoms with Crippen LogP contribution in [0.5, 0.6) is 0 Å². The molecule has 0 saturated carbocycles. The van der Waals surface area contributed by atoms with Gasteiger partial charge in [-0.2, -0.15) is 0 Å². The van der Waals surface area contributed by atoms with Crippen LogP contribution in [0.2, 0.25) is 5.15 Å². The van der Waals surface area contributed by atoms with Crippen molar-refractivity contribution in [2.24, 2.45) is 0 Å². The largest absolute Gasteiger partial charge is 1.00 e. The minimum Gasteiger partial charge on any atom is -1.00 e. The molecule has 0 fully saturated rings. The number of anilines is 1. The second-order valence-electron chi connectivity index (χ2n) is 2.80. The van der Waals surface area contributed by atoms with Crippen molar-refractivity contribution in [2.75, 3.05) is 5.73 Å². The molecule has 0 aromatic carbocycles. The first-order valence-corrected chi connectivity index (χ1v) is 4.51. The summed E-state index contributed by atoms with van der Waals surface area (Å²) in [7, 11) is 0. The molecule has 92 valence electrons. The molecule has 1 heterocycles. The topological polar surface area (TPSA) is 112 Å². The minimum absolute atomic E-state index is 0. The highest BCUT2D eigenvalue weighted by Crippen LogP contribution is 2.02. The Morgan fingerprint density at radius 3 is 2.75 bits per heavy atom. The third kappa shape index (κ3) is 5.69. The van der Waals surface area contributed by atoms with Crippen LogP contribution in [0.4, 0.5) is 5.82 Å². The normalized spacial score (nSPS) is 8.81. The van der Waals surface area contributed by atoms with Gasteiger partial charge < -0.3 is 23.0 Å². The van der Waals surface area contributed by atoms with Gasteiger partial charge in [-0.05, 0) is 12.5 Å². The lowest BCUT2D eigenvalue weighted by molar-refractivity contribution is -0.740. The average molecular weight is 270 g/mol. The smallest absolute Gasteiger partial charge is 0.303 e. The number of rotatable bonds is 4. The Labute approximate surface area is 104 Å². The summed E-state index contributed by atoms with van der Waals surface area (Å²) in [4.78, 5) is 10.3. The second-order valence-corrected chi connectivity index (χ2v) is 3.19. The fourth-order valence-corrected chi connectivity index (χ4v) is 1.16. The molecule has 0 spiro atoms. The second kappa shape index (κ2) is 8.09. The molecule has 0 aliphatic rings. The Kier molecular flexibility index (Phi) is 8.74. The standard InChI is InChI=1S/C8H10ClN3O2.ClH.H2O/c9-6-3-4-7(10)12(11-6)5-1-2-8(13)14;;/h3-4,10H,1-2,5H2,(H,13,14);1H;1H2. The Morgan fingerprint density at radius 1 is 1.56 bits per heavy atom. The number of hydrogen-bond donors (Lipinski definition) is 2. The zero-order valence-electron chi connectivity index (χ0n) is 8.36. The first-order valence-electron chi connectivity index (χ1n) is 4.13. The molecule has 0 radical (unpaired) electrons. The molecule has 0 atom stereocenters. The molecule has 1 aromatic heterocycles. The monoisotopic (exact) mass is 269 g/mol. The lowest BCUT2D eigenvalue weighted by Gasteiger charge is -1.99. The number of carbonyl (C=O) groups is 1. The van der Waals surface area contributed by atoms with Crippen molar-refractivity contribution >= 4 is 23.4 Å². The SMILES string of the molecule is Nc1ccc(Cl)n[n+]1CCCC(=O)O.O.[Cl-]. The van der Waals surface area contributed by atoms with Crippen LogP contribution in [0.25, 0.3) is 0 Å². The number of aryl methyl sites for hydroxylation is 1. The van der Waals surface area contributed by atoms with Gasteiger partial charge in [-0.25, -0.2) is 0 Å². The summed E-state index contributed by atoms with van der Waals surface area (Å²) in [5.74, 6) is -0.356. The van der Waals surface area contributed by atoms with Crippen LogP contribution in [-0.4, -0.2) is 21.7 Å². The summed E-state index contributed by atoms with van der Waals surface area (Å²) in [5, 5.41) is 12.7. The lowest BCUT2D eigenvalue weighted by Crippen LogP contribution is -3.00. The van der Waals surface area contributed by atoms with Crippen molar-refractivity contribution in [3.8, 4) is 0 Å². The van der Waals surface area contributed by atoms with Gasteiger partial charge in [-0.3, -0.25) is 10.5 Å². The highest BCUT2D eigenvalue weighted by atomic mass is 35.5. The number of nitrogens with two attached hydrogens (primary N) is 1. The lowest BCUT2D eigenvalue weighted by atomic mass is 10.3. The van der Waals surface area contributed by atoms with E-state index >= 15 is 0 Å². The van der Waals surface area contributed by atoms with E-state index in [1.807, 2.05) is 0 Å². The molecular formula is C8H13Cl2N3O3. The summed E-state index contributed by atoms with van der Waals surface area (Å²) in [6.45, 7) is 0.457. The predicted molar refractivity (Wildman–Crippen MR) is 54.3 cm³/mol. The molecule has 0 unspecified atom stereocenters. The molecule has 0 saturated heterocycles. The zero-order chi connectivity index (χ0) is 10.6. The number of nitrogen functional groups attached to an aromatic ring is 1. The molecule has 0 aliphatic heterocycles. The van der Waals surface area contributed by atoms with E-state index in [2.05, 4.69) is 5.10 Å². The summed E-state index contributed by atoms with van der Waals surface area (Å²) in [6.07, 6.45) is 0.582. The first kappa shape index (κ1) is 17.3. The number of aliphatic carboxylic acids is 1. The van der Waals surface area contributed by atoms with Crippen LogP contribution < -0.4 is 22.8 Å². The number of aromatic nitrogens is 2. The van der Waals surface area contributed by atoms with E-state index in [0.29, 0.717) is 23.9 Å². The van der Waals surface area contributed by atoms with E-state index in [1.165, 1.54) is 4.68 Å². The Hall–Kier alpha value is -1.11. The summed E-state index contributed by atoms with van der Waals surface area (Å²) >= 11 is 5.65. The van der Waals surface area contributed by atoms with Crippen molar-refractivity contribution in [1.29, 1.82) is 0 Å². The summed E-state index contributed by atoms with van der Waals surface area (Å²) in [5.41, 5.74) is 5.60. The average Bonchev–Trinajstić information content (AvgIpc) is 2.10. The third-order valence-electron chi connectivity index (χ3n) is 1.67. The van der Waals surface area contributed by atoms with E-state index in [1.54, 1.807) is 12.1 Å². The molecule has 0 bridgehead atoms. The molecule has 8 heteroatoms. The Balaban J connectivity index is 0. The van der Waals surface area contributed by atoms with Crippen molar-refractivity contribution < 1.29 is 32.5 Å². The Morgan fingerprint density at radius 2 is 2.19 bits per heavy atom. The van der Waals surface area contributed by atoms with Gasteiger partial charge >= 0.3 is 5.97 Å². The van der Waals surface area contributed by atoms with Crippen LogP contribution in [0.3, 0.4) is 0 Å². The van der Waals surface area contributed by atoms with Gasteiger partial charge in [-0.1, -0.05) is 16.7 Å². The fourth-order valence-electron chi connectivity index (χ4n) is 1.01. The molecule has 0 aliphatic carbocycles. The Bertz CT molecular complexity index is 349. The van der Waals surface area contributed by atoms with Gasteiger partial charge in [0.15, 0.2) is 5.15 Å². The van der Waals surface area contributed by atoms with Gasteiger partial charge in [0.05, 0.1) is 0 Å². The van der Waals surface area contributed by atoms with E-state index in [9.17, 15) is 4.79 Å². The molecule has 5 N–H and O–H groups in total. The maximum Gasteiger partial charge on any atom is 0.303 e. The predicted octanol–water partition coefficient (Wildman–Crippen LogP) is -3.35. The highest BCUT2D eigenvalue weighted by molar-refractivity contribution is 6.29. The van der Waals surface area contributed by atoms with Crippen LogP contribution >= 0.6 is 11.6 Å². The number of halogens is 2. The fraction of sp³-hybridized carbons (Fsp3) is 0.375. The zero-order valence-corrected chi connectivity index (χ0v) is 9.87. The van der Waals surface area contributed by atoms with E-state index < -0.39 is 5.97 Å². The molecular weight excluding hydrogens is 257 g/mol. The number of hydrogen-bond acceptors (Lipinski definition) is 3. The van der Waals surface area contributed by atoms with E-state index in [-0.39, 0.29) is 24.3 Å². The summed E-state index contributed by atoms with van der Waals surface area (Å²) in [6, 6.07) is 3.22. The van der Waals surface area contributed by atoms with Crippen molar-refractivity contribution in [3.05, 3.63) is 17.3 Å². The first-order chi connectivity index (χ1) is 6.59. The maximum absolute atomic E-state index is 10.3. The number of carboxylic acid groups (broad SMARTS) is 1. The van der Waals surface area contributed by atoms with E-state index in [4.69, 9.17) is 22.4 Å².